The van der Waals surface area contributed by atoms with Gasteiger partial charge in [-0.25, -0.2) is 0 Å². The minimum absolute atomic E-state index is 0.0165. The van der Waals surface area contributed by atoms with Crippen molar-refractivity contribution < 1.29 is 27.9 Å². The second-order valence-corrected chi connectivity index (χ2v) is 4.76. The summed E-state index contributed by atoms with van der Waals surface area (Å²) in [7, 11) is 0. The van der Waals surface area contributed by atoms with Crippen LogP contribution in [0.25, 0.3) is 0 Å². The largest absolute Gasteiger partial charge is 0.481 e. The summed E-state index contributed by atoms with van der Waals surface area (Å²) in [5.74, 6) is 3.95. The van der Waals surface area contributed by atoms with Crippen LogP contribution in [0.15, 0.2) is 24.3 Å². The second kappa shape index (κ2) is 8.83. The number of amides is 1. The highest BCUT2D eigenvalue weighted by Crippen LogP contribution is 2.29. The van der Waals surface area contributed by atoms with Gasteiger partial charge in [0.1, 0.15) is 0 Å². The van der Waals surface area contributed by atoms with Crippen molar-refractivity contribution in [3.8, 4) is 11.8 Å². The molecule has 7 heteroatoms. The third-order valence-electron chi connectivity index (χ3n) is 2.84. The van der Waals surface area contributed by atoms with Crippen molar-refractivity contribution in [2.24, 2.45) is 0 Å². The summed E-state index contributed by atoms with van der Waals surface area (Å²) in [5.41, 5.74) is -0.553. The van der Waals surface area contributed by atoms with Crippen LogP contribution in [0.2, 0.25) is 0 Å². The lowest BCUT2D eigenvalue weighted by molar-refractivity contribution is -0.138. The number of alkyl halides is 3. The molecule has 2 N–H and O–H groups in total. The topological polar surface area (TPSA) is 66.4 Å². The first-order valence-electron chi connectivity index (χ1n) is 6.93. The van der Waals surface area contributed by atoms with Gasteiger partial charge in [0.05, 0.1) is 12.1 Å². The van der Waals surface area contributed by atoms with Crippen LogP contribution in [0.3, 0.4) is 0 Å². The van der Waals surface area contributed by atoms with Crippen molar-refractivity contribution in [3.05, 3.63) is 35.4 Å². The average molecular weight is 327 g/mol. The summed E-state index contributed by atoms with van der Waals surface area (Å²) in [6, 6.07) is 4.63. The van der Waals surface area contributed by atoms with Crippen LogP contribution in [0, 0.1) is 11.8 Å². The molecule has 4 nitrogen and oxygen atoms in total. The zero-order chi connectivity index (χ0) is 17.3. The van der Waals surface area contributed by atoms with Crippen LogP contribution in [0.4, 0.5) is 13.2 Å². The number of unbranched alkanes of at least 4 members (excludes halogenated alkanes) is 1. The van der Waals surface area contributed by atoms with Gasteiger partial charge in [-0.15, -0.1) is 0 Å². The highest BCUT2D eigenvalue weighted by Gasteiger charge is 2.30. The Morgan fingerprint density at radius 2 is 1.87 bits per heavy atom. The van der Waals surface area contributed by atoms with E-state index in [-0.39, 0.29) is 30.9 Å². The van der Waals surface area contributed by atoms with E-state index in [0.717, 1.165) is 12.1 Å². The Morgan fingerprint density at radius 1 is 1.17 bits per heavy atom. The quantitative estimate of drug-likeness (QED) is 0.624. The van der Waals surface area contributed by atoms with Gasteiger partial charge in [-0.05, 0) is 31.0 Å². The molecule has 0 heterocycles. The monoisotopic (exact) mass is 327 g/mol. The van der Waals surface area contributed by atoms with Gasteiger partial charge in [0, 0.05) is 18.4 Å². The maximum absolute atomic E-state index is 12.5. The summed E-state index contributed by atoms with van der Waals surface area (Å²) in [6.07, 6.45) is -3.33. The number of benzene rings is 1. The normalized spacial score (nSPS) is 10.6. The molecule has 0 bridgehead atoms. The first-order valence-corrected chi connectivity index (χ1v) is 6.93. The van der Waals surface area contributed by atoms with Gasteiger partial charge < -0.3 is 10.4 Å². The van der Waals surface area contributed by atoms with Crippen LogP contribution in [0.5, 0.6) is 0 Å². The number of hydrogen-bond acceptors (Lipinski definition) is 2. The molecule has 1 amide bonds. The van der Waals surface area contributed by atoms with E-state index in [9.17, 15) is 22.8 Å². The summed E-state index contributed by atoms with van der Waals surface area (Å²) in [6.45, 7) is 0.0218. The van der Waals surface area contributed by atoms with E-state index in [0.29, 0.717) is 12.8 Å². The Kier molecular flexibility index (Phi) is 7.13. The Labute approximate surface area is 131 Å². The van der Waals surface area contributed by atoms with Crippen molar-refractivity contribution in [2.75, 3.05) is 6.54 Å². The number of rotatable bonds is 6. The van der Waals surface area contributed by atoms with Crippen molar-refractivity contribution in [1.29, 1.82) is 0 Å². The lowest BCUT2D eigenvalue weighted by Crippen LogP contribution is -2.23. The maximum Gasteiger partial charge on any atom is 0.416 e. The lowest BCUT2D eigenvalue weighted by Gasteiger charge is -2.05. The Bertz CT molecular complexity index is 615. The average Bonchev–Trinajstić information content (AvgIpc) is 2.47. The van der Waals surface area contributed by atoms with Crippen molar-refractivity contribution in [1.82, 2.24) is 5.32 Å². The van der Waals surface area contributed by atoms with E-state index in [2.05, 4.69) is 17.2 Å². The minimum Gasteiger partial charge on any atom is -0.481 e. The lowest BCUT2D eigenvalue weighted by atomic mass is 10.1. The fourth-order valence-electron chi connectivity index (χ4n) is 1.71. The molecule has 0 fully saturated rings. The summed E-state index contributed by atoms with van der Waals surface area (Å²) in [5, 5.41) is 10.9. The number of aliphatic carboxylic acids is 1. The van der Waals surface area contributed by atoms with Gasteiger partial charge in [-0.1, -0.05) is 17.9 Å². The molecule has 0 unspecified atom stereocenters. The van der Waals surface area contributed by atoms with Gasteiger partial charge in [0.25, 0.3) is 0 Å². The molecule has 1 aromatic carbocycles. The molecular formula is C16H16F3NO3. The van der Waals surface area contributed by atoms with Gasteiger partial charge in [0.15, 0.2) is 0 Å². The van der Waals surface area contributed by atoms with E-state index >= 15 is 0 Å². The molecule has 0 saturated carbocycles. The standard InChI is InChI=1S/C16H16F3NO3/c17-16(18,19)13-7-3-5-12(11-13)6-4-10-20-14(21)8-1-2-9-15(22)23/h3,5,7,11H,1-2,8-10H2,(H,20,21)(H,22,23). The first-order chi connectivity index (χ1) is 10.8. The van der Waals surface area contributed by atoms with Crippen LogP contribution in [0.1, 0.15) is 36.8 Å². The summed E-state index contributed by atoms with van der Waals surface area (Å²) in [4.78, 5) is 21.7. The van der Waals surface area contributed by atoms with E-state index in [1.54, 1.807) is 0 Å². The number of nitrogens with one attached hydrogen (secondary N) is 1. The molecule has 0 aliphatic heterocycles. The number of hydrogen-bond donors (Lipinski definition) is 2. The zero-order valence-corrected chi connectivity index (χ0v) is 12.2. The minimum atomic E-state index is -4.41. The van der Waals surface area contributed by atoms with Gasteiger partial charge in [-0.3, -0.25) is 9.59 Å². The third-order valence-corrected chi connectivity index (χ3v) is 2.84. The molecule has 0 radical (unpaired) electrons. The van der Waals surface area contributed by atoms with Crippen molar-refractivity contribution in [2.45, 2.75) is 31.9 Å². The number of carboxylic acids is 1. The van der Waals surface area contributed by atoms with Crippen molar-refractivity contribution >= 4 is 11.9 Å². The number of carbonyl (C=O) groups is 2. The molecule has 0 aromatic heterocycles. The van der Waals surface area contributed by atoms with E-state index in [4.69, 9.17) is 5.11 Å². The molecule has 0 atom stereocenters. The molecule has 0 aliphatic carbocycles. The molecule has 124 valence electrons. The van der Waals surface area contributed by atoms with Crippen LogP contribution >= 0.6 is 0 Å². The number of carboxylic acid groups (broad SMARTS) is 1. The van der Waals surface area contributed by atoms with Gasteiger partial charge in [-0.2, -0.15) is 13.2 Å². The van der Waals surface area contributed by atoms with E-state index in [1.165, 1.54) is 12.1 Å². The van der Waals surface area contributed by atoms with Gasteiger partial charge in [0.2, 0.25) is 5.91 Å². The summed E-state index contributed by atoms with van der Waals surface area (Å²) >= 11 is 0. The molecular weight excluding hydrogens is 311 g/mol. The number of halogens is 3. The Balaban J connectivity index is 2.38. The van der Waals surface area contributed by atoms with Crippen molar-refractivity contribution in [3.63, 3.8) is 0 Å². The number of carbonyl (C=O) groups excluding carboxylic acids is 1. The molecule has 0 aliphatic rings. The highest BCUT2D eigenvalue weighted by molar-refractivity contribution is 5.76. The zero-order valence-electron chi connectivity index (χ0n) is 12.2. The highest BCUT2D eigenvalue weighted by atomic mass is 19.4. The predicted molar refractivity (Wildman–Crippen MR) is 77.4 cm³/mol. The third kappa shape index (κ3) is 7.90. The maximum atomic E-state index is 12.5. The summed E-state index contributed by atoms with van der Waals surface area (Å²) < 4.78 is 37.6. The fourth-order valence-corrected chi connectivity index (χ4v) is 1.71. The van der Waals surface area contributed by atoms with Gasteiger partial charge >= 0.3 is 12.1 Å². The molecule has 1 aromatic rings. The second-order valence-electron chi connectivity index (χ2n) is 4.76. The van der Waals surface area contributed by atoms with Crippen LogP contribution < -0.4 is 5.32 Å². The SMILES string of the molecule is O=C(O)CCCCC(=O)NCC#Cc1cccc(C(F)(F)F)c1. The van der Waals surface area contributed by atoms with Crippen LogP contribution in [-0.2, 0) is 15.8 Å². The molecule has 0 spiro atoms. The Morgan fingerprint density at radius 3 is 2.52 bits per heavy atom. The fraction of sp³-hybridized carbons (Fsp3) is 0.375. The molecule has 0 saturated heterocycles. The smallest absolute Gasteiger partial charge is 0.416 e. The molecule has 23 heavy (non-hydrogen) atoms. The predicted octanol–water partition coefficient (Wildman–Crippen LogP) is 2.82. The van der Waals surface area contributed by atoms with Crippen LogP contribution in [-0.4, -0.2) is 23.5 Å². The van der Waals surface area contributed by atoms with E-state index < -0.39 is 17.7 Å². The molecule has 1 rings (SSSR count). The Hall–Kier alpha value is -2.49. The van der Waals surface area contributed by atoms with E-state index in [1.807, 2.05) is 0 Å². The first kappa shape index (κ1) is 18.6.